The number of methoxy groups -OCH3 is 1. The van der Waals surface area contributed by atoms with Crippen LogP contribution in [0.5, 0.6) is 5.75 Å². The van der Waals surface area contributed by atoms with Gasteiger partial charge in [0.15, 0.2) is 0 Å². The van der Waals surface area contributed by atoms with Crippen LogP contribution in [-0.2, 0) is 0 Å². The molecule has 0 aliphatic heterocycles. The summed E-state index contributed by atoms with van der Waals surface area (Å²) in [6, 6.07) is 6.94. The lowest BCUT2D eigenvalue weighted by Crippen LogP contribution is -2.26. The Morgan fingerprint density at radius 1 is 1.42 bits per heavy atom. The highest BCUT2D eigenvalue weighted by Gasteiger charge is 2.50. The largest absolute Gasteiger partial charge is 0.497 e. The topological polar surface area (TPSA) is 21.3 Å². The lowest BCUT2D eigenvalue weighted by Gasteiger charge is -2.23. The van der Waals surface area contributed by atoms with E-state index < -0.39 is 0 Å². The Kier molecular flexibility index (Phi) is 4.19. The normalized spacial score (nSPS) is 22.1. The molecule has 1 aromatic carbocycles. The van der Waals surface area contributed by atoms with Crippen molar-refractivity contribution in [1.29, 1.82) is 0 Å². The van der Waals surface area contributed by atoms with E-state index in [1.807, 2.05) is 0 Å². The van der Waals surface area contributed by atoms with E-state index >= 15 is 0 Å². The van der Waals surface area contributed by atoms with Crippen LogP contribution in [0, 0.1) is 18.3 Å². The van der Waals surface area contributed by atoms with Crippen LogP contribution in [0.1, 0.15) is 50.8 Å². The molecule has 0 spiro atoms. The Morgan fingerprint density at radius 3 is 2.58 bits per heavy atom. The number of aryl methyl sites for hydroxylation is 1. The Labute approximate surface area is 117 Å². The van der Waals surface area contributed by atoms with E-state index in [0.717, 1.165) is 18.2 Å². The number of nitrogens with one attached hydrogen (secondary N) is 1. The second kappa shape index (κ2) is 5.54. The monoisotopic (exact) mass is 261 g/mol. The molecule has 0 bridgehead atoms. The summed E-state index contributed by atoms with van der Waals surface area (Å²) in [7, 11) is 1.73. The van der Waals surface area contributed by atoms with Gasteiger partial charge in [-0.2, -0.15) is 0 Å². The first kappa shape index (κ1) is 14.4. The van der Waals surface area contributed by atoms with Crippen LogP contribution >= 0.6 is 0 Å². The van der Waals surface area contributed by atoms with Crippen molar-refractivity contribution >= 4 is 0 Å². The molecule has 1 fully saturated rings. The first-order valence-corrected chi connectivity index (χ1v) is 7.37. The first-order valence-electron chi connectivity index (χ1n) is 7.37. The SMILES string of the molecule is CCCNC(c1ccc(OC)cc1C)C1CC1(C)C. The third-order valence-corrected chi connectivity index (χ3v) is 4.42. The number of hydrogen-bond donors (Lipinski definition) is 1. The predicted octanol–water partition coefficient (Wildman–Crippen LogP) is 4.09. The van der Waals surface area contributed by atoms with Crippen molar-refractivity contribution in [3.05, 3.63) is 29.3 Å². The van der Waals surface area contributed by atoms with E-state index in [1.54, 1.807) is 7.11 Å². The van der Waals surface area contributed by atoms with Crippen LogP contribution in [-0.4, -0.2) is 13.7 Å². The van der Waals surface area contributed by atoms with Crippen LogP contribution in [0.25, 0.3) is 0 Å². The molecule has 0 heterocycles. The third kappa shape index (κ3) is 3.11. The minimum atomic E-state index is 0.484. The van der Waals surface area contributed by atoms with Crippen molar-refractivity contribution in [2.24, 2.45) is 11.3 Å². The Balaban J connectivity index is 2.23. The molecule has 1 N–H and O–H groups in total. The van der Waals surface area contributed by atoms with Gasteiger partial charge in [-0.1, -0.05) is 26.8 Å². The molecule has 2 atom stereocenters. The van der Waals surface area contributed by atoms with Gasteiger partial charge in [0.1, 0.15) is 5.75 Å². The number of benzene rings is 1. The zero-order chi connectivity index (χ0) is 14.0. The molecular weight excluding hydrogens is 234 g/mol. The average molecular weight is 261 g/mol. The van der Waals surface area contributed by atoms with Crippen LogP contribution < -0.4 is 10.1 Å². The van der Waals surface area contributed by atoms with Crippen molar-refractivity contribution in [1.82, 2.24) is 5.32 Å². The van der Waals surface area contributed by atoms with Gasteiger partial charge in [0, 0.05) is 6.04 Å². The smallest absolute Gasteiger partial charge is 0.119 e. The molecule has 0 aromatic heterocycles. The minimum Gasteiger partial charge on any atom is -0.497 e. The van der Waals surface area contributed by atoms with Gasteiger partial charge < -0.3 is 10.1 Å². The van der Waals surface area contributed by atoms with E-state index in [-0.39, 0.29) is 0 Å². The quantitative estimate of drug-likeness (QED) is 0.832. The zero-order valence-electron chi connectivity index (χ0n) is 12.9. The zero-order valence-corrected chi connectivity index (χ0v) is 12.9. The summed E-state index contributed by atoms with van der Waals surface area (Å²) in [5.41, 5.74) is 3.25. The van der Waals surface area contributed by atoms with Gasteiger partial charge >= 0.3 is 0 Å². The fourth-order valence-electron chi connectivity index (χ4n) is 2.97. The maximum atomic E-state index is 5.31. The molecule has 2 heteroatoms. The van der Waals surface area contributed by atoms with E-state index in [4.69, 9.17) is 4.74 Å². The molecule has 0 saturated heterocycles. The lowest BCUT2D eigenvalue weighted by molar-refractivity contribution is 0.406. The van der Waals surface area contributed by atoms with Gasteiger partial charge in [-0.3, -0.25) is 0 Å². The molecule has 2 nitrogen and oxygen atoms in total. The van der Waals surface area contributed by atoms with E-state index in [9.17, 15) is 0 Å². The maximum Gasteiger partial charge on any atom is 0.119 e. The molecular formula is C17H27NO. The highest BCUT2D eigenvalue weighted by atomic mass is 16.5. The highest BCUT2D eigenvalue weighted by Crippen LogP contribution is 2.58. The van der Waals surface area contributed by atoms with E-state index in [2.05, 4.69) is 51.2 Å². The van der Waals surface area contributed by atoms with Crippen LogP contribution in [0.4, 0.5) is 0 Å². The molecule has 2 rings (SSSR count). The fraction of sp³-hybridized carbons (Fsp3) is 0.647. The molecule has 1 aromatic rings. The summed E-state index contributed by atoms with van der Waals surface area (Å²) in [5, 5.41) is 3.74. The van der Waals surface area contributed by atoms with Crippen LogP contribution in [0.15, 0.2) is 18.2 Å². The minimum absolute atomic E-state index is 0.484. The summed E-state index contributed by atoms with van der Waals surface area (Å²) in [6.45, 7) is 10.2. The third-order valence-electron chi connectivity index (χ3n) is 4.42. The van der Waals surface area contributed by atoms with Gasteiger partial charge in [0.2, 0.25) is 0 Å². The number of ether oxygens (including phenoxy) is 1. The number of rotatable bonds is 6. The molecule has 19 heavy (non-hydrogen) atoms. The maximum absolute atomic E-state index is 5.31. The first-order chi connectivity index (χ1) is 8.99. The summed E-state index contributed by atoms with van der Waals surface area (Å²) in [5.74, 6) is 1.71. The molecule has 0 amide bonds. The summed E-state index contributed by atoms with van der Waals surface area (Å²) in [4.78, 5) is 0. The molecule has 106 valence electrons. The lowest BCUT2D eigenvalue weighted by atomic mass is 9.93. The van der Waals surface area contributed by atoms with Crippen LogP contribution in [0.3, 0.4) is 0 Å². The average Bonchev–Trinajstić information content (AvgIpc) is 3.00. The van der Waals surface area contributed by atoms with Crippen molar-refractivity contribution in [2.45, 2.75) is 46.6 Å². The van der Waals surface area contributed by atoms with Crippen LogP contribution in [0.2, 0.25) is 0 Å². The molecule has 1 aliphatic rings. The van der Waals surface area contributed by atoms with Gasteiger partial charge in [-0.15, -0.1) is 0 Å². The van der Waals surface area contributed by atoms with Gasteiger partial charge in [0.25, 0.3) is 0 Å². The van der Waals surface area contributed by atoms with E-state index in [1.165, 1.54) is 24.0 Å². The second-order valence-corrected chi connectivity index (χ2v) is 6.45. The fourth-order valence-corrected chi connectivity index (χ4v) is 2.97. The van der Waals surface area contributed by atoms with Gasteiger partial charge in [-0.05, 0) is 60.9 Å². The predicted molar refractivity (Wildman–Crippen MR) is 80.7 cm³/mol. The molecule has 1 aliphatic carbocycles. The standard InChI is InChI=1S/C17H27NO/c1-6-9-18-16(15-11-17(15,3)4)14-8-7-13(19-5)10-12(14)2/h7-8,10,15-16,18H,6,9,11H2,1-5H3. The van der Waals surface area contributed by atoms with Gasteiger partial charge in [-0.25, -0.2) is 0 Å². The van der Waals surface area contributed by atoms with Crippen molar-refractivity contribution in [2.75, 3.05) is 13.7 Å². The Bertz CT molecular complexity index is 439. The van der Waals surface area contributed by atoms with Crippen molar-refractivity contribution in [3.8, 4) is 5.75 Å². The number of hydrogen-bond acceptors (Lipinski definition) is 2. The Hall–Kier alpha value is -1.02. The summed E-state index contributed by atoms with van der Waals surface area (Å²) < 4.78 is 5.31. The molecule has 0 radical (unpaired) electrons. The van der Waals surface area contributed by atoms with Gasteiger partial charge in [0.05, 0.1) is 7.11 Å². The molecule has 1 saturated carbocycles. The Morgan fingerprint density at radius 2 is 2.11 bits per heavy atom. The summed E-state index contributed by atoms with van der Waals surface area (Å²) in [6.07, 6.45) is 2.50. The van der Waals surface area contributed by atoms with Crippen molar-refractivity contribution < 1.29 is 4.74 Å². The van der Waals surface area contributed by atoms with Crippen molar-refractivity contribution in [3.63, 3.8) is 0 Å². The molecule has 2 unspecified atom stereocenters. The highest BCUT2D eigenvalue weighted by molar-refractivity contribution is 5.38. The summed E-state index contributed by atoms with van der Waals surface area (Å²) >= 11 is 0. The second-order valence-electron chi connectivity index (χ2n) is 6.45. The van der Waals surface area contributed by atoms with E-state index in [0.29, 0.717) is 11.5 Å².